The van der Waals surface area contributed by atoms with Crippen molar-refractivity contribution in [2.75, 3.05) is 6.54 Å². The minimum Gasteiger partial charge on any atom is -0.489 e. The van der Waals surface area contributed by atoms with Crippen molar-refractivity contribution in [3.8, 4) is 5.75 Å². The highest BCUT2D eigenvalue weighted by molar-refractivity contribution is 5.46. The first-order valence-electron chi connectivity index (χ1n) is 6.43. The van der Waals surface area contributed by atoms with E-state index in [0.29, 0.717) is 6.61 Å². The molecule has 1 N–H and O–H groups in total. The van der Waals surface area contributed by atoms with E-state index < -0.39 is 0 Å². The molecule has 1 aliphatic heterocycles. The maximum atomic E-state index is 5.91. The largest absolute Gasteiger partial charge is 0.489 e. The molecule has 92 valence electrons. The van der Waals surface area contributed by atoms with E-state index in [-0.39, 0.29) is 6.04 Å². The molecule has 2 aromatic rings. The molecule has 0 bridgehead atoms. The van der Waals surface area contributed by atoms with E-state index in [9.17, 15) is 0 Å². The lowest BCUT2D eigenvalue weighted by molar-refractivity contribution is 0.306. The van der Waals surface area contributed by atoms with Crippen molar-refractivity contribution in [2.45, 2.75) is 19.6 Å². The van der Waals surface area contributed by atoms with Crippen molar-refractivity contribution >= 4 is 0 Å². The molecule has 1 unspecified atom stereocenters. The van der Waals surface area contributed by atoms with E-state index in [0.717, 1.165) is 12.3 Å². The zero-order valence-corrected chi connectivity index (χ0v) is 10.5. The zero-order valence-electron chi connectivity index (χ0n) is 10.5. The van der Waals surface area contributed by atoms with E-state index >= 15 is 0 Å². The summed E-state index contributed by atoms with van der Waals surface area (Å²) in [6.07, 6.45) is 0. The predicted molar refractivity (Wildman–Crippen MR) is 72.7 cm³/mol. The van der Waals surface area contributed by atoms with Crippen LogP contribution in [0.4, 0.5) is 0 Å². The first kappa shape index (κ1) is 11.3. The molecule has 0 radical (unpaired) electrons. The lowest BCUT2D eigenvalue weighted by Crippen LogP contribution is -2.22. The first-order valence-corrected chi connectivity index (χ1v) is 6.43. The number of ether oxygens (including phenoxy) is 1. The van der Waals surface area contributed by atoms with Crippen LogP contribution in [0.2, 0.25) is 0 Å². The van der Waals surface area contributed by atoms with Crippen molar-refractivity contribution in [3.63, 3.8) is 0 Å². The number of hydrogen-bond donors (Lipinski definition) is 1. The van der Waals surface area contributed by atoms with Crippen LogP contribution in [0.25, 0.3) is 0 Å². The lowest BCUT2D eigenvalue weighted by Gasteiger charge is -2.19. The molecule has 2 aromatic carbocycles. The summed E-state index contributed by atoms with van der Waals surface area (Å²) in [7, 11) is 0. The van der Waals surface area contributed by atoms with Crippen molar-refractivity contribution in [1.29, 1.82) is 0 Å². The summed E-state index contributed by atoms with van der Waals surface area (Å²) >= 11 is 0. The number of rotatable bonds is 2. The van der Waals surface area contributed by atoms with Crippen molar-refractivity contribution < 1.29 is 4.74 Å². The Hall–Kier alpha value is -1.80. The Labute approximate surface area is 108 Å². The van der Waals surface area contributed by atoms with Crippen LogP contribution < -0.4 is 10.1 Å². The van der Waals surface area contributed by atoms with Crippen LogP contribution in [0.15, 0.2) is 48.5 Å². The average molecular weight is 239 g/mol. The lowest BCUT2D eigenvalue weighted by atomic mass is 9.95. The van der Waals surface area contributed by atoms with Crippen LogP contribution in [0, 0.1) is 0 Å². The summed E-state index contributed by atoms with van der Waals surface area (Å²) in [4.78, 5) is 0. The van der Waals surface area contributed by atoms with Gasteiger partial charge >= 0.3 is 0 Å². The highest BCUT2D eigenvalue weighted by Gasteiger charge is 2.22. The van der Waals surface area contributed by atoms with Gasteiger partial charge in [-0.2, -0.15) is 0 Å². The van der Waals surface area contributed by atoms with E-state index in [4.69, 9.17) is 4.74 Å². The van der Waals surface area contributed by atoms with Crippen molar-refractivity contribution in [1.82, 2.24) is 5.32 Å². The summed E-state index contributed by atoms with van der Waals surface area (Å²) in [5, 5.41) is 3.56. The average Bonchev–Trinajstić information content (AvgIpc) is 2.58. The molecular formula is C16H17NO. The number of fused-ring (bicyclic) bond motifs is 2. The Morgan fingerprint density at radius 1 is 1.06 bits per heavy atom. The normalized spacial score (nSPS) is 17.3. The van der Waals surface area contributed by atoms with Crippen LogP contribution >= 0.6 is 0 Å². The topological polar surface area (TPSA) is 21.3 Å². The molecule has 2 nitrogen and oxygen atoms in total. The minimum atomic E-state index is 0.227. The summed E-state index contributed by atoms with van der Waals surface area (Å²) in [6, 6.07) is 17.0. The molecule has 1 atom stereocenters. The van der Waals surface area contributed by atoms with E-state index in [1.807, 2.05) is 12.1 Å². The third-order valence-electron chi connectivity index (χ3n) is 3.39. The molecule has 0 saturated heterocycles. The van der Waals surface area contributed by atoms with Gasteiger partial charge in [-0.05, 0) is 23.7 Å². The maximum Gasteiger partial charge on any atom is 0.124 e. The van der Waals surface area contributed by atoms with Crippen molar-refractivity contribution in [3.05, 3.63) is 65.2 Å². The monoisotopic (exact) mass is 239 g/mol. The van der Waals surface area contributed by atoms with Crippen LogP contribution in [-0.4, -0.2) is 6.54 Å². The van der Waals surface area contributed by atoms with Gasteiger partial charge in [-0.3, -0.25) is 0 Å². The molecule has 2 heteroatoms. The minimum absolute atomic E-state index is 0.227. The zero-order chi connectivity index (χ0) is 12.4. The molecule has 18 heavy (non-hydrogen) atoms. The molecule has 0 amide bonds. The van der Waals surface area contributed by atoms with Gasteiger partial charge in [0, 0.05) is 5.56 Å². The second-order valence-electron chi connectivity index (χ2n) is 4.52. The Morgan fingerprint density at radius 3 is 2.61 bits per heavy atom. The summed E-state index contributed by atoms with van der Waals surface area (Å²) in [5.41, 5.74) is 3.81. The molecule has 3 rings (SSSR count). The van der Waals surface area contributed by atoms with E-state index in [1.54, 1.807) is 0 Å². The second kappa shape index (κ2) is 4.83. The smallest absolute Gasteiger partial charge is 0.124 e. The number of hydrogen-bond acceptors (Lipinski definition) is 2. The molecule has 0 aromatic heterocycles. The second-order valence-corrected chi connectivity index (χ2v) is 4.52. The van der Waals surface area contributed by atoms with Crippen LogP contribution in [-0.2, 0) is 6.61 Å². The summed E-state index contributed by atoms with van der Waals surface area (Å²) < 4.78 is 5.91. The van der Waals surface area contributed by atoms with Crippen molar-refractivity contribution in [2.24, 2.45) is 0 Å². The van der Waals surface area contributed by atoms with Crippen LogP contribution in [0.1, 0.15) is 29.7 Å². The SMILES string of the molecule is CCNC1c2ccccc2COc2ccccc21. The van der Waals surface area contributed by atoms with Gasteiger partial charge in [-0.25, -0.2) is 0 Å². The Kier molecular flexibility index (Phi) is 3.03. The fourth-order valence-electron chi connectivity index (χ4n) is 2.54. The first-order chi connectivity index (χ1) is 8.90. The van der Waals surface area contributed by atoms with Gasteiger partial charge in [0.15, 0.2) is 0 Å². The summed E-state index contributed by atoms with van der Waals surface area (Å²) in [6.45, 7) is 3.72. The highest BCUT2D eigenvalue weighted by Crippen LogP contribution is 2.35. The van der Waals surface area contributed by atoms with E-state index in [1.165, 1.54) is 16.7 Å². The molecule has 0 saturated carbocycles. The van der Waals surface area contributed by atoms with Gasteiger partial charge in [-0.15, -0.1) is 0 Å². The quantitative estimate of drug-likeness (QED) is 0.868. The Morgan fingerprint density at radius 2 is 1.78 bits per heavy atom. The molecule has 0 fully saturated rings. The standard InChI is InChI=1S/C16H17NO/c1-2-17-16-13-8-4-3-7-12(13)11-18-15-10-6-5-9-14(15)16/h3-10,16-17H,2,11H2,1H3. The fraction of sp³-hybridized carbons (Fsp3) is 0.250. The molecule has 0 spiro atoms. The van der Waals surface area contributed by atoms with Gasteiger partial charge in [0.1, 0.15) is 12.4 Å². The van der Waals surface area contributed by atoms with Crippen LogP contribution in [0.3, 0.4) is 0 Å². The number of para-hydroxylation sites is 1. The summed E-state index contributed by atoms with van der Waals surface area (Å²) in [5.74, 6) is 0.986. The molecular weight excluding hydrogens is 222 g/mol. The van der Waals surface area contributed by atoms with Gasteiger partial charge in [-0.1, -0.05) is 49.4 Å². The molecule has 0 aliphatic carbocycles. The Bertz CT molecular complexity index is 503. The van der Waals surface area contributed by atoms with Gasteiger partial charge in [0.05, 0.1) is 6.04 Å². The third-order valence-corrected chi connectivity index (χ3v) is 3.39. The van der Waals surface area contributed by atoms with Gasteiger partial charge in [0.25, 0.3) is 0 Å². The molecule has 1 heterocycles. The maximum absolute atomic E-state index is 5.91. The fourth-order valence-corrected chi connectivity index (χ4v) is 2.54. The van der Waals surface area contributed by atoms with Gasteiger partial charge < -0.3 is 10.1 Å². The number of nitrogens with one attached hydrogen (secondary N) is 1. The van der Waals surface area contributed by atoms with Gasteiger partial charge in [0.2, 0.25) is 0 Å². The molecule has 1 aliphatic rings. The predicted octanol–water partition coefficient (Wildman–Crippen LogP) is 3.28. The Balaban J connectivity index is 2.15. The third kappa shape index (κ3) is 1.89. The van der Waals surface area contributed by atoms with E-state index in [2.05, 4.69) is 48.6 Å². The number of benzene rings is 2. The van der Waals surface area contributed by atoms with Crippen LogP contribution in [0.5, 0.6) is 5.75 Å². The highest BCUT2D eigenvalue weighted by atomic mass is 16.5.